The van der Waals surface area contributed by atoms with E-state index in [0.29, 0.717) is 0 Å². The highest BCUT2D eigenvalue weighted by Gasteiger charge is 2.31. The van der Waals surface area contributed by atoms with E-state index in [-0.39, 0.29) is 22.4 Å². The van der Waals surface area contributed by atoms with E-state index in [2.05, 4.69) is 0 Å². The van der Waals surface area contributed by atoms with E-state index in [9.17, 15) is 23.1 Å². The number of aliphatic hydroxyl groups excluding tert-OH is 1. The number of carboxylic acids is 1. The minimum Gasteiger partial charge on any atom is -0.478 e. The zero-order valence-corrected chi connectivity index (χ0v) is 16.2. The summed E-state index contributed by atoms with van der Waals surface area (Å²) in [5, 5.41) is 18.4. The molecule has 2 N–H and O–H groups in total. The topological polar surface area (TPSA) is 127 Å². The van der Waals surface area contributed by atoms with Crippen molar-refractivity contribution < 1.29 is 37.1 Å². The number of benzene rings is 3. The molecule has 0 radical (unpaired) electrons. The van der Waals surface area contributed by atoms with Crippen LogP contribution in [0.5, 0.6) is 11.5 Å². The average molecular weight is 428 g/mol. The van der Waals surface area contributed by atoms with Gasteiger partial charge in [0.15, 0.2) is 23.2 Å². The summed E-state index contributed by atoms with van der Waals surface area (Å²) in [6, 6.07) is 17.1. The molecule has 0 bridgehead atoms. The molecule has 0 aromatic heterocycles. The first-order valence-electron chi connectivity index (χ1n) is 8.58. The summed E-state index contributed by atoms with van der Waals surface area (Å²) in [4.78, 5) is 23.7. The Kier molecular flexibility index (Phi) is 6.14. The lowest BCUT2D eigenvalue weighted by atomic mass is 10.0. The second kappa shape index (κ2) is 8.76. The average Bonchev–Trinajstić information content (AvgIpc) is 2.74. The first-order valence-corrected chi connectivity index (χ1v) is 9.99. The summed E-state index contributed by atoms with van der Waals surface area (Å²) in [5.41, 5.74) is -0.404. The van der Waals surface area contributed by atoms with Crippen LogP contribution < -0.4 is 8.92 Å². The van der Waals surface area contributed by atoms with Gasteiger partial charge in [0.2, 0.25) is 0 Å². The highest BCUT2D eigenvalue weighted by atomic mass is 32.2. The Bertz CT molecular complexity index is 1190. The molecule has 0 aliphatic carbocycles. The smallest absolute Gasteiger partial charge is 0.343 e. The van der Waals surface area contributed by atoms with Gasteiger partial charge in [-0.1, -0.05) is 48.5 Å². The molecule has 3 rings (SSSR count). The van der Waals surface area contributed by atoms with E-state index in [1.165, 1.54) is 54.6 Å². The zero-order valence-electron chi connectivity index (χ0n) is 15.4. The Balaban J connectivity index is 2.16. The molecule has 0 saturated carbocycles. The van der Waals surface area contributed by atoms with Crippen molar-refractivity contribution in [2.45, 2.75) is 4.90 Å². The molecule has 0 aliphatic rings. The molecule has 0 aliphatic heterocycles. The molecule has 0 amide bonds. The van der Waals surface area contributed by atoms with Crippen LogP contribution in [0.4, 0.5) is 0 Å². The molecule has 9 heteroatoms. The molecule has 0 fully saturated rings. The number of carbonyl (C=O) groups excluding carboxylic acids is 1. The summed E-state index contributed by atoms with van der Waals surface area (Å²) >= 11 is 0. The van der Waals surface area contributed by atoms with E-state index in [0.717, 1.165) is 0 Å². The number of aliphatic hydroxyl groups is 1. The minimum absolute atomic E-state index is 0.223. The number of hydrogen-bond acceptors (Lipinski definition) is 7. The number of rotatable bonds is 8. The molecular weight excluding hydrogens is 412 g/mol. The molecule has 0 atom stereocenters. The van der Waals surface area contributed by atoms with Gasteiger partial charge in [0.25, 0.3) is 0 Å². The van der Waals surface area contributed by atoms with Crippen molar-refractivity contribution in [3.05, 3.63) is 89.5 Å². The van der Waals surface area contributed by atoms with Gasteiger partial charge in [-0.25, -0.2) is 4.79 Å². The number of aromatic carboxylic acids is 1. The lowest BCUT2D eigenvalue weighted by Gasteiger charge is -2.15. The molecule has 0 unspecified atom stereocenters. The summed E-state index contributed by atoms with van der Waals surface area (Å²) < 4.78 is 36.3. The fourth-order valence-electron chi connectivity index (χ4n) is 2.76. The third-order valence-electron chi connectivity index (χ3n) is 4.05. The predicted molar refractivity (Wildman–Crippen MR) is 105 cm³/mol. The van der Waals surface area contributed by atoms with Crippen LogP contribution in [0.25, 0.3) is 0 Å². The molecule has 0 saturated heterocycles. The second-order valence-electron chi connectivity index (χ2n) is 5.94. The van der Waals surface area contributed by atoms with Gasteiger partial charge < -0.3 is 19.1 Å². The Morgan fingerprint density at radius 1 is 0.800 bits per heavy atom. The fourth-order valence-corrected chi connectivity index (χ4v) is 4.03. The number of para-hydroxylation sites is 1. The summed E-state index contributed by atoms with van der Waals surface area (Å²) in [5.74, 6) is -2.75. The van der Waals surface area contributed by atoms with Crippen LogP contribution >= 0.6 is 0 Å². The maximum Gasteiger partial charge on any atom is 0.343 e. The van der Waals surface area contributed by atoms with Crippen molar-refractivity contribution in [1.29, 1.82) is 0 Å². The Hall–Kier alpha value is -3.69. The van der Waals surface area contributed by atoms with E-state index < -0.39 is 39.3 Å². The van der Waals surface area contributed by atoms with Gasteiger partial charge in [-0.2, -0.15) is 8.42 Å². The molecule has 0 heterocycles. The predicted octanol–water partition coefficient (Wildman–Crippen LogP) is 2.71. The largest absolute Gasteiger partial charge is 0.478 e. The molecular formula is C21H16O8S. The van der Waals surface area contributed by atoms with Crippen molar-refractivity contribution in [2.24, 2.45) is 0 Å². The lowest BCUT2D eigenvalue weighted by molar-refractivity contribution is 0.0694. The fraction of sp³-hybridized carbons (Fsp3) is 0.0476. The Morgan fingerprint density at radius 2 is 1.40 bits per heavy atom. The third-order valence-corrected chi connectivity index (χ3v) is 5.37. The standard InChI is InChI=1S/C21H16O8S/c22-13-28-18-12-6-10-16(19(23)14-7-2-1-3-8-14)20(18)30(26,27)29-17-11-5-4-9-15(17)21(24)25/h1-12,22H,13H2,(H,24,25). The van der Waals surface area contributed by atoms with Gasteiger partial charge >= 0.3 is 16.1 Å². The minimum atomic E-state index is -4.73. The molecule has 3 aromatic rings. The van der Waals surface area contributed by atoms with Crippen LogP contribution in [-0.2, 0) is 10.1 Å². The van der Waals surface area contributed by atoms with Crippen molar-refractivity contribution in [3.8, 4) is 11.5 Å². The summed E-state index contributed by atoms with van der Waals surface area (Å²) in [6.45, 7) is -0.850. The maximum atomic E-state index is 13.1. The van der Waals surface area contributed by atoms with Crippen LogP contribution in [-0.4, -0.2) is 37.2 Å². The highest BCUT2D eigenvalue weighted by molar-refractivity contribution is 7.87. The Morgan fingerprint density at radius 3 is 2.07 bits per heavy atom. The van der Waals surface area contributed by atoms with E-state index in [1.807, 2.05) is 0 Å². The van der Waals surface area contributed by atoms with Crippen LogP contribution in [0.2, 0.25) is 0 Å². The number of ketones is 1. The lowest BCUT2D eigenvalue weighted by Crippen LogP contribution is -2.18. The van der Waals surface area contributed by atoms with Gasteiger partial charge in [0.1, 0.15) is 11.3 Å². The van der Waals surface area contributed by atoms with Gasteiger partial charge in [0.05, 0.1) is 0 Å². The zero-order chi connectivity index (χ0) is 21.7. The number of ether oxygens (including phenoxy) is 1. The van der Waals surface area contributed by atoms with Gasteiger partial charge in [-0.3, -0.25) is 4.79 Å². The van der Waals surface area contributed by atoms with Crippen LogP contribution in [0.15, 0.2) is 77.7 Å². The van der Waals surface area contributed by atoms with Crippen LogP contribution in [0.3, 0.4) is 0 Å². The molecule has 154 valence electrons. The molecule has 8 nitrogen and oxygen atoms in total. The van der Waals surface area contributed by atoms with E-state index >= 15 is 0 Å². The SMILES string of the molecule is O=C(O)c1ccccc1OS(=O)(=O)c1c(OCO)cccc1C(=O)c1ccccc1. The van der Waals surface area contributed by atoms with Crippen molar-refractivity contribution in [2.75, 3.05) is 6.79 Å². The van der Waals surface area contributed by atoms with Crippen LogP contribution in [0.1, 0.15) is 26.3 Å². The second-order valence-corrected chi connectivity index (χ2v) is 7.42. The van der Waals surface area contributed by atoms with Crippen LogP contribution in [0, 0.1) is 0 Å². The van der Waals surface area contributed by atoms with Gasteiger partial charge in [-0.15, -0.1) is 0 Å². The molecule has 3 aromatic carbocycles. The Labute approximate surface area is 172 Å². The van der Waals surface area contributed by atoms with Crippen molar-refractivity contribution in [3.63, 3.8) is 0 Å². The van der Waals surface area contributed by atoms with E-state index in [1.54, 1.807) is 18.2 Å². The van der Waals surface area contributed by atoms with E-state index in [4.69, 9.17) is 14.0 Å². The summed E-state index contributed by atoms with van der Waals surface area (Å²) in [7, 11) is -4.73. The summed E-state index contributed by atoms with van der Waals surface area (Å²) in [6.07, 6.45) is 0. The first-order chi connectivity index (χ1) is 14.3. The van der Waals surface area contributed by atoms with Crippen molar-refractivity contribution >= 4 is 21.9 Å². The number of carbonyl (C=O) groups is 2. The third kappa shape index (κ3) is 4.32. The first kappa shape index (κ1) is 21.0. The molecule has 0 spiro atoms. The molecule has 30 heavy (non-hydrogen) atoms. The number of hydrogen-bond donors (Lipinski definition) is 2. The quantitative estimate of drug-likeness (QED) is 0.318. The number of carboxylic acid groups (broad SMARTS) is 1. The van der Waals surface area contributed by atoms with Gasteiger partial charge in [0, 0.05) is 11.1 Å². The maximum absolute atomic E-state index is 13.1. The monoisotopic (exact) mass is 428 g/mol. The normalized spacial score (nSPS) is 11.0. The van der Waals surface area contributed by atoms with Crippen molar-refractivity contribution in [1.82, 2.24) is 0 Å². The van der Waals surface area contributed by atoms with Gasteiger partial charge in [-0.05, 0) is 24.3 Å². The highest BCUT2D eigenvalue weighted by Crippen LogP contribution is 2.32.